The average molecular weight is 255 g/mol. The van der Waals surface area contributed by atoms with E-state index in [2.05, 4.69) is 24.3 Å². The van der Waals surface area contributed by atoms with E-state index in [9.17, 15) is 4.79 Å². The highest BCUT2D eigenvalue weighted by Gasteiger charge is 2.03. The lowest BCUT2D eigenvalue weighted by Crippen LogP contribution is -2.18. The third-order valence-corrected chi connectivity index (χ3v) is 3.09. The molecule has 2 aromatic rings. The van der Waals surface area contributed by atoms with Gasteiger partial charge in [-0.3, -0.25) is 10.0 Å². The minimum Gasteiger partial charge on any atom is -0.288 e. The Balaban J connectivity index is 1.85. The fourth-order valence-corrected chi connectivity index (χ4v) is 2.03. The Morgan fingerprint density at radius 2 is 1.47 bits per heavy atom. The number of hydroxylamine groups is 1. The molecule has 3 heteroatoms. The lowest BCUT2D eigenvalue weighted by atomic mass is 10.0. The largest absolute Gasteiger partial charge is 0.288 e. The maximum atomic E-state index is 11.2. The fraction of sp³-hybridized carbons (Fsp3) is 0.188. The highest BCUT2D eigenvalue weighted by molar-refractivity contribution is 5.93. The van der Waals surface area contributed by atoms with Gasteiger partial charge in [-0.05, 0) is 42.5 Å². The van der Waals surface area contributed by atoms with Crippen molar-refractivity contribution >= 4 is 5.91 Å². The summed E-state index contributed by atoms with van der Waals surface area (Å²) in [6.45, 7) is 0. The third-order valence-electron chi connectivity index (χ3n) is 3.09. The first-order chi connectivity index (χ1) is 9.29. The van der Waals surface area contributed by atoms with E-state index in [0.717, 1.165) is 19.3 Å². The number of amides is 1. The molecule has 0 radical (unpaired) electrons. The van der Waals surface area contributed by atoms with Gasteiger partial charge in [-0.15, -0.1) is 0 Å². The van der Waals surface area contributed by atoms with E-state index < -0.39 is 5.91 Å². The van der Waals surface area contributed by atoms with Gasteiger partial charge in [0.2, 0.25) is 0 Å². The van der Waals surface area contributed by atoms with Crippen LogP contribution in [0.5, 0.6) is 0 Å². The Bertz CT molecular complexity index is 520. The maximum Gasteiger partial charge on any atom is 0.274 e. The van der Waals surface area contributed by atoms with Gasteiger partial charge in [0.1, 0.15) is 0 Å². The second-order valence-corrected chi connectivity index (χ2v) is 4.48. The highest BCUT2D eigenvalue weighted by atomic mass is 16.5. The van der Waals surface area contributed by atoms with Crippen LogP contribution in [0, 0.1) is 0 Å². The van der Waals surface area contributed by atoms with Crippen LogP contribution >= 0.6 is 0 Å². The molecule has 19 heavy (non-hydrogen) atoms. The van der Waals surface area contributed by atoms with Crippen molar-refractivity contribution < 1.29 is 10.0 Å². The zero-order valence-corrected chi connectivity index (χ0v) is 10.7. The van der Waals surface area contributed by atoms with Gasteiger partial charge in [-0.2, -0.15) is 0 Å². The van der Waals surface area contributed by atoms with Crippen molar-refractivity contribution in [1.82, 2.24) is 5.48 Å². The summed E-state index contributed by atoms with van der Waals surface area (Å²) in [6, 6.07) is 17.7. The van der Waals surface area contributed by atoms with Gasteiger partial charge >= 0.3 is 0 Å². The molecule has 0 atom stereocenters. The summed E-state index contributed by atoms with van der Waals surface area (Å²) in [6.07, 6.45) is 3.12. The number of carbonyl (C=O) groups excluding carboxylic acids is 1. The molecule has 3 nitrogen and oxygen atoms in total. The van der Waals surface area contributed by atoms with Crippen molar-refractivity contribution in [3.8, 4) is 0 Å². The number of hydrogen-bond acceptors (Lipinski definition) is 2. The van der Waals surface area contributed by atoms with Crippen LogP contribution in [0.4, 0.5) is 0 Å². The summed E-state index contributed by atoms with van der Waals surface area (Å²) in [5.74, 6) is -0.476. The minimum atomic E-state index is -0.476. The summed E-state index contributed by atoms with van der Waals surface area (Å²) in [7, 11) is 0. The molecule has 0 aromatic heterocycles. The molecule has 0 heterocycles. The Hall–Kier alpha value is -2.13. The molecule has 0 aliphatic heterocycles. The molecule has 98 valence electrons. The van der Waals surface area contributed by atoms with E-state index in [4.69, 9.17) is 5.21 Å². The van der Waals surface area contributed by atoms with Crippen molar-refractivity contribution in [3.05, 3.63) is 71.3 Å². The Morgan fingerprint density at radius 1 is 0.895 bits per heavy atom. The number of benzene rings is 2. The van der Waals surface area contributed by atoms with Gasteiger partial charge in [-0.1, -0.05) is 42.5 Å². The first-order valence-corrected chi connectivity index (χ1v) is 6.37. The predicted octanol–water partition coefficient (Wildman–Crippen LogP) is 2.98. The lowest BCUT2D eigenvalue weighted by Gasteiger charge is -2.04. The third kappa shape index (κ3) is 3.93. The molecule has 2 rings (SSSR count). The number of rotatable bonds is 5. The van der Waals surface area contributed by atoms with Gasteiger partial charge in [-0.25, -0.2) is 5.48 Å². The van der Waals surface area contributed by atoms with Crippen LogP contribution in [-0.2, 0) is 12.8 Å². The number of carbonyl (C=O) groups is 1. The van der Waals surface area contributed by atoms with Gasteiger partial charge in [0, 0.05) is 5.56 Å². The molecule has 0 spiro atoms. The smallest absolute Gasteiger partial charge is 0.274 e. The Labute approximate surface area is 112 Å². The molecular weight excluding hydrogens is 238 g/mol. The zero-order chi connectivity index (χ0) is 13.5. The number of aryl methyl sites for hydroxylation is 2. The summed E-state index contributed by atoms with van der Waals surface area (Å²) in [4.78, 5) is 11.2. The van der Waals surface area contributed by atoms with Crippen molar-refractivity contribution in [2.45, 2.75) is 19.3 Å². The molecule has 0 saturated heterocycles. The Kier molecular flexibility index (Phi) is 4.70. The Morgan fingerprint density at radius 3 is 2.05 bits per heavy atom. The fourth-order valence-electron chi connectivity index (χ4n) is 2.03. The highest BCUT2D eigenvalue weighted by Crippen LogP contribution is 2.10. The van der Waals surface area contributed by atoms with Crippen LogP contribution in [0.2, 0.25) is 0 Å². The molecule has 0 unspecified atom stereocenters. The van der Waals surface area contributed by atoms with E-state index >= 15 is 0 Å². The molecule has 2 aromatic carbocycles. The second-order valence-electron chi connectivity index (χ2n) is 4.48. The average Bonchev–Trinajstić information content (AvgIpc) is 2.48. The molecule has 1 amide bonds. The van der Waals surface area contributed by atoms with Crippen LogP contribution in [-0.4, -0.2) is 11.1 Å². The van der Waals surface area contributed by atoms with Crippen LogP contribution in [0.3, 0.4) is 0 Å². The van der Waals surface area contributed by atoms with E-state index in [1.165, 1.54) is 11.1 Å². The van der Waals surface area contributed by atoms with Crippen LogP contribution in [0.25, 0.3) is 0 Å². The first kappa shape index (κ1) is 13.3. The van der Waals surface area contributed by atoms with E-state index in [1.54, 1.807) is 17.6 Å². The standard InChI is InChI=1S/C16H17NO2/c18-16(17-19)15-11-9-14(10-12-15)8-4-7-13-5-2-1-3-6-13/h1-3,5-6,9-12,19H,4,7-8H2,(H,17,18). The summed E-state index contributed by atoms with van der Waals surface area (Å²) >= 11 is 0. The van der Waals surface area contributed by atoms with Crippen molar-refractivity contribution in [2.24, 2.45) is 0 Å². The SMILES string of the molecule is O=C(NO)c1ccc(CCCc2ccccc2)cc1. The zero-order valence-electron chi connectivity index (χ0n) is 10.7. The van der Waals surface area contributed by atoms with Crippen LogP contribution in [0.15, 0.2) is 54.6 Å². The second kappa shape index (κ2) is 6.71. The summed E-state index contributed by atoms with van der Waals surface area (Å²) in [5.41, 5.74) is 4.64. The van der Waals surface area contributed by atoms with Gasteiger partial charge in [0.15, 0.2) is 0 Å². The molecule has 0 aliphatic rings. The number of hydrogen-bond donors (Lipinski definition) is 2. The normalized spacial score (nSPS) is 10.2. The molecular formula is C16H17NO2. The lowest BCUT2D eigenvalue weighted by molar-refractivity contribution is 0.0706. The van der Waals surface area contributed by atoms with E-state index in [-0.39, 0.29) is 0 Å². The monoisotopic (exact) mass is 255 g/mol. The topological polar surface area (TPSA) is 49.3 Å². The van der Waals surface area contributed by atoms with Crippen LogP contribution < -0.4 is 5.48 Å². The molecule has 0 bridgehead atoms. The quantitative estimate of drug-likeness (QED) is 0.637. The van der Waals surface area contributed by atoms with Gasteiger partial charge in [0.25, 0.3) is 5.91 Å². The number of nitrogens with one attached hydrogen (secondary N) is 1. The van der Waals surface area contributed by atoms with Crippen LogP contribution in [0.1, 0.15) is 27.9 Å². The van der Waals surface area contributed by atoms with Gasteiger partial charge < -0.3 is 0 Å². The maximum absolute atomic E-state index is 11.2. The molecule has 0 fully saturated rings. The van der Waals surface area contributed by atoms with E-state index in [1.807, 2.05) is 18.2 Å². The van der Waals surface area contributed by atoms with Crippen molar-refractivity contribution in [1.29, 1.82) is 0 Å². The molecule has 2 N–H and O–H groups in total. The van der Waals surface area contributed by atoms with E-state index in [0.29, 0.717) is 5.56 Å². The predicted molar refractivity (Wildman–Crippen MR) is 74.2 cm³/mol. The van der Waals surface area contributed by atoms with Gasteiger partial charge in [0.05, 0.1) is 0 Å². The summed E-state index contributed by atoms with van der Waals surface area (Å²) in [5, 5.41) is 8.53. The first-order valence-electron chi connectivity index (χ1n) is 6.37. The minimum absolute atomic E-state index is 0.467. The molecule has 0 aliphatic carbocycles. The summed E-state index contributed by atoms with van der Waals surface area (Å²) < 4.78 is 0. The van der Waals surface area contributed by atoms with Crippen molar-refractivity contribution in [2.75, 3.05) is 0 Å². The molecule has 0 saturated carbocycles. The van der Waals surface area contributed by atoms with Crippen molar-refractivity contribution in [3.63, 3.8) is 0 Å².